The molecule has 1 aromatic heterocycles. The van der Waals surface area contributed by atoms with Gasteiger partial charge in [0.25, 0.3) is 5.91 Å². The zero-order valence-electron chi connectivity index (χ0n) is 16.3. The van der Waals surface area contributed by atoms with E-state index < -0.39 is 10.0 Å². The number of hydrogen-bond donors (Lipinski definition) is 1. The van der Waals surface area contributed by atoms with E-state index in [-0.39, 0.29) is 22.9 Å². The summed E-state index contributed by atoms with van der Waals surface area (Å²) in [6.07, 6.45) is 8.40. The molecule has 28 heavy (non-hydrogen) atoms. The van der Waals surface area contributed by atoms with Crippen LogP contribution in [0.1, 0.15) is 61.0 Å². The molecule has 1 heterocycles. The molecule has 1 aliphatic rings. The summed E-state index contributed by atoms with van der Waals surface area (Å²) in [6, 6.07) is 9.77. The summed E-state index contributed by atoms with van der Waals surface area (Å²) in [4.78, 5) is 16.8. The first kappa shape index (κ1) is 20.5. The van der Waals surface area contributed by atoms with Crippen molar-refractivity contribution in [1.29, 1.82) is 0 Å². The van der Waals surface area contributed by atoms with Crippen LogP contribution in [-0.4, -0.2) is 36.7 Å². The van der Waals surface area contributed by atoms with E-state index in [0.717, 1.165) is 37.7 Å². The van der Waals surface area contributed by atoms with Gasteiger partial charge in [0.05, 0.1) is 10.9 Å². The van der Waals surface area contributed by atoms with Crippen molar-refractivity contribution in [2.75, 3.05) is 7.05 Å². The molecule has 0 radical (unpaired) electrons. The minimum atomic E-state index is -3.63. The van der Waals surface area contributed by atoms with Crippen LogP contribution < -0.4 is 5.32 Å². The number of rotatable bonds is 6. The van der Waals surface area contributed by atoms with Crippen molar-refractivity contribution in [2.45, 2.75) is 56.0 Å². The van der Waals surface area contributed by atoms with Crippen LogP contribution in [0.5, 0.6) is 0 Å². The first-order chi connectivity index (χ1) is 13.4. The normalized spacial score (nSPS) is 16.7. The van der Waals surface area contributed by atoms with Crippen molar-refractivity contribution >= 4 is 15.9 Å². The molecule has 1 amide bonds. The molecule has 1 atom stereocenters. The number of pyridine rings is 1. The quantitative estimate of drug-likeness (QED) is 0.803. The number of amides is 1. The Kier molecular flexibility index (Phi) is 6.46. The van der Waals surface area contributed by atoms with E-state index in [2.05, 4.69) is 10.3 Å². The monoisotopic (exact) mass is 401 g/mol. The van der Waals surface area contributed by atoms with Gasteiger partial charge in [-0.3, -0.25) is 9.78 Å². The maximum absolute atomic E-state index is 13.0. The van der Waals surface area contributed by atoms with E-state index >= 15 is 0 Å². The van der Waals surface area contributed by atoms with Crippen molar-refractivity contribution < 1.29 is 13.2 Å². The smallest absolute Gasteiger partial charge is 0.251 e. The van der Waals surface area contributed by atoms with Gasteiger partial charge in [0, 0.05) is 31.0 Å². The molecule has 1 N–H and O–H groups in total. The van der Waals surface area contributed by atoms with E-state index in [4.69, 9.17) is 0 Å². The van der Waals surface area contributed by atoms with Gasteiger partial charge in [-0.25, -0.2) is 8.42 Å². The standard InChI is InChI=1S/C21H27N3O3S/c1-16(17-11-13-22-14-12-17)23-21(25)18-7-6-10-20(15-18)28(26,27)24(2)19-8-4-3-5-9-19/h6-7,10-16,19H,3-5,8-9H2,1-2H3,(H,23,25)/t16-/m1/s1. The fraction of sp³-hybridized carbons (Fsp3) is 0.429. The number of benzene rings is 1. The molecule has 0 unspecified atom stereocenters. The Morgan fingerprint density at radius 3 is 2.50 bits per heavy atom. The first-order valence-corrected chi connectivity index (χ1v) is 11.1. The summed E-state index contributed by atoms with van der Waals surface area (Å²) < 4.78 is 27.5. The largest absolute Gasteiger partial charge is 0.346 e. The summed E-state index contributed by atoms with van der Waals surface area (Å²) in [5, 5.41) is 2.91. The highest BCUT2D eigenvalue weighted by atomic mass is 32.2. The number of carbonyl (C=O) groups excluding carboxylic acids is 1. The lowest BCUT2D eigenvalue weighted by Gasteiger charge is -2.30. The molecule has 7 heteroatoms. The highest BCUT2D eigenvalue weighted by Gasteiger charge is 2.29. The third-order valence-electron chi connectivity index (χ3n) is 5.42. The molecule has 1 aliphatic carbocycles. The Morgan fingerprint density at radius 2 is 1.82 bits per heavy atom. The SMILES string of the molecule is C[C@@H](NC(=O)c1cccc(S(=O)(=O)N(C)C2CCCCC2)c1)c1ccncc1. The average molecular weight is 402 g/mol. The first-order valence-electron chi connectivity index (χ1n) is 9.68. The van der Waals surface area contributed by atoms with Gasteiger partial charge in [0.15, 0.2) is 0 Å². The number of nitrogens with one attached hydrogen (secondary N) is 1. The summed E-state index contributed by atoms with van der Waals surface area (Å²) in [6.45, 7) is 1.88. The van der Waals surface area contributed by atoms with Crippen molar-refractivity contribution in [2.24, 2.45) is 0 Å². The highest BCUT2D eigenvalue weighted by Crippen LogP contribution is 2.26. The fourth-order valence-electron chi connectivity index (χ4n) is 3.62. The molecule has 1 aromatic carbocycles. The number of aromatic nitrogens is 1. The third-order valence-corrected chi connectivity index (χ3v) is 7.32. The predicted octanol–water partition coefficient (Wildman–Crippen LogP) is 3.53. The van der Waals surface area contributed by atoms with Crippen molar-refractivity contribution in [3.05, 3.63) is 59.9 Å². The summed E-state index contributed by atoms with van der Waals surface area (Å²) >= 11 is 0. The second-order valence-corrected chi connectivity index (χ2v) is 9.31. The lowest BCUT2D eigenvalue weighted by molar-refractivity contribution is 0.0939. The molecular formula is C21H27N3O3S. The van der Waals surface area contributed by atoms with Crippen LogP contribution >= 0.6 is 0 Å². The maximum Gasteiger partial charge on any atom is 0.251 e. The number of hydrogen-bond acceptors (Lipinski definition) is 4. The Hall–Kier alpha value is -2.25. The van der Waals surface area contributed by atoms with E-state index in [1.165, 1.54) is 10.4 Å². The molecule has 1 fully saturated rings. The number of sulfonamides is 1. The number of nitrogens with zero attached hydrogens (tertiary/aromatic N) is 2. The van der Waals surface area contributed by atoms with E-state index in [9.17, 15) is 13.2 Å². The van der Waals surface area contributed by atoms with E-state index in [1.54, 1.807) is 37.6 Å². The van der Waals surface area contributed by atoms with Crippen molar-refractivity contribution in [3.63, 3.8) is 0 Å². The highest BCUT2D eigenvalue weighted by molar-refractivity contribution is 7.89. The Labute approximate surface area is 167 Å². The van der Waals surface area contributed by atoms with Crippen LogP contribution in [0.2, 0.25) is 0 Å². The van der Waals surface area contributed by atoms with Crippen molar-refractivity contribution in [1.82, 2.24) is 14.6 Å². The van der Waals surface area contributed by atoms with Gasteiger partial charge in [-0.2, -0.15) is 4.31 Å². The topological polar surface area (TPSA) is 79.4 Å². The third kappa shape index (κ3) is 4.59. The molecule has 3 rings (SSSR count). The molecule has 6 nitrogen and oxygen atoms in total. The molecule has 2 aromatic rings. The molecular weight excluding hydrogens is 374 g/mol. The molecule has 0 bridgehead atoms. The van der Waals surface area contributed by atoms with Gasteiger partial charge >= 0.3 is 0 Å². The van der Waals surface area contributed by atoms with Crippen molar-refractivity contribution in [3.8, 4) is 0 Å². The summed E-state index contributed by atoms with van der Waals surface area (Å²) in [5.74, 6) is -0.304. The zero-order chi connectivity index (χ0) is 20.1. The predicted molar refractivity (Wildman–Crippen MR) is 108 cm³/mol. The molecule has 150 valence electrons. The average Bonchev–Trinajstić information content (AvgIpc) is 2.74. The Morgan fingerprint density at radius 1 is 1.14 bits per heavy atom. The second-order valence-electron chi connectivity index (χ2n) is 7.32. The Bertz CT molecular complexity index is 910. The van der Waals surface area contributed by atoms with Gasteiger partial charge in [-0.1, -0.05) is 25.3 Å². The number of carbonyl (C=O) groups is 1. The van der Waals surface area contributed by atoms with Crippen LogP contribution in [0.15, 0.2) is 53.7 Å². The molecule has 1 saturated carbocycles. The fourth-order valence-corrected chi connectivity index (χ4v) is 5.08. The zero-order valence-corrected chi connectivity index (χ0v) is 17.2. The maximum atomic E-state index is 13.0. The van der Waals surface area contributed by atoms with Gasteiger partial charge in [-0.05, 0) is 55.7 Å². The minimum absolute atomic E-state index is 0.0305. The summed E-state index contributed by atoms with van der Waals surface area (Å²) in [5.41, 5.74) is 1.27. The van der Waals surface area contributed by atoms with Crippen LogP contribution in [0.25, 0.3) is 0 Å². The van der Waals surface area contributed by atoms with Crippen LogP contribution in [0.4, 0.5) is 0 Å². The van der Waals surface area contributed by atoms with Gasteiger partial charge in [-0.15, -0.1) is 0 Å². The molecule has 0 aliphatic heterocycles. The lowest BCUT2D eigenvalue weighted by atomic mass is 9.96. The van der Waals surface area contributed by atoms with Crippen LogP contribution in [-0.2, 0) is 10.0 Å². The van der Waals surface area contributed by atoms with E-state index in [1.807, 2.05) is 19.1 Å². The second kappa shape index (κ2) is 8.84. The lowest BCUT2D eigenvalue weighted by Crippen LogP contribution is -2.38. The minimum Gasteiger partial charge on any atom is -0.346 e. The summed E-state index contributed by atoms with van der Waals surface area (Å²) in [7, 11) is -1.99. The van der Waals surface area contributed by atoms with Gasteiger partial charge in [0.1, 0.15) is 0 Å². The molecule has 0 spiro atoms. The van der Waals surface area contributed by atoms with Crippen LogP contribution in [0, 0.1) is 0 Å². The Balaban J connectivity index is 1.76. The van der Waals surface area contributed by atoms with Gasteiger partial charge in [0.2, 0.25) is 10.0 Å². The van der Waals surface area contributed by atoms with Gasteiger partial charge < -0.3 is 5.32 Å². The van der Waals surface area contributed by atoms with E-state index in [0.29, 0.717) is 5.56 Å². The van der Waals surface area contributed by atoms with Crippen LogP contribution in [0.3, 0.4) is 0 Å². The molecule has 0 saturated heterocycles.